The number of hydrogen-bond acceptors (Lipinski definition) is 4. The summed E-state index contributed by atoms with van der Waals surface area (Å²) in [7, 11) is 0. The van der Waals surface area contributed by atoms with Crippen molar-refractivity contribution in [3.05, 3.63) is 98.8 Å². The van der Waals surface area contributed by atoms with Gasteiger partial charge in [-0.1, -0.05) is 108 Å². The van der Waals surface area contributed by atoms with Crippen LogP contribution in [0.5, 0.6) is 11.5 Å². The topological polar surface area (TPSA) is 65.2 Å². The average Bonchev–Trinajstić information content (AvgIpc) is 2.92. The first-order chi connectivity index (χ1) is 20.2. The Bertz CT molecular complexity index is 1200. The van der Waals surface area contributed by atoms with Crippen LogP contribution in [-0.4, -0.2) is 34.7 Å². The molecule has 2 aromatic rings. The molecule has 0 spiro atoms. The molecule has 0 aliphatic heterocycles. The van der Waals surface area contributed by atoms with Gasteiger partial charge in [0.15, 0.2) is 0 Å². The fraction of sp³-hybridized carbons (Fsp3) is 0.524. The van der Waals surface area contributed by atoms with Crippen LogP contribution in [0, 0.1) is 14.9 Å². The summed E-state index contributed by atoms with van der Waals surface area (Å²) in [5, 5.41) is 22.5. The Balaban J connectivity index is -0.00000266. The Morgan fingerprint density at radius 2 is 0.830 bits per heavy atom. The van der Waals surface area contributed by atoms with E-state index in [0.29, 0.717) is 11.5 Å². The van der Waals surface area contributed by atoms with Gasteiger partial charge in [0.2, 0.25) is 0 Å². The van der Waals surface area contributed by atoms with Gasteiger partial charge in [0.1, 0.15) is 11.5 Å². The van der Waals surface area contributed by atoms with E-state index in [1.807, 2.05) is 12.4 Å². The molecule has 2 aromatic carbocycles. The van der Waals surface area contributed by atoms with E-state index in [-0.39, 0.29) is 68.1 Å². The molecular formula is C42H68N2O2Ru. The van der Waals surface area contributed by atoms with Crippen molar-refractivity contribution in [1.29, 1.82) is 0 Å². The van der Waals surface area contributed by atoms with E-state index in [2.05, 4.69) is 134 Å². The number of nitrogens with zero attached hydrogens (tertiary/aromatic N) is 2. The number of hydrogen-bond donors (Lipinski definition) is 2. The zero-order chi connectivity index (χ0) is 34.3. The third kappa shape index (κ3) is 13.5. The summed E-state index contributed by atoms with van der Waals surface area (Å²) < 4.78 is 0. The van der Waals surface area contributed by atoms with Crippen LogP contribution in [0.2, 0.25) is 0 Å². The van der Waals surface area contributed by atoms with Crippen molar-refractivity contribution in [3.63, 3.8) is 0 Å². The van der Waals surface area contributed by atoms with Crippen LogP contribution in [0.4, 0.5) is 0 Å². The van der Waals surface area contributed by atoms with Gasteiger partial charge < -0.3 is 25.1 Å². The molecule has 0 saturated heterocycles. The second-order valence-electron chi connectivity index (χ2n) is 15.9. The molecule has 4 nitrogen and oxygen atoms in total. The van der Waals surface area contributed by atoms with E-state index in [9.17, 15) is 10.2 Å². The van der Waals surface area contributed by atoms with E-state index >= 15 is 0 Å². The second kappa shape index (κ2) is 19.5. The van der Waals surface area contributed by atoms with Gasteiger partial charge in [-0.15, -0.1) is 26.3 Å². The molecule has 2 atom stereocenters. The van der Waals surface area contributed by atoms with Crippen molar-refractivity contribution in [2.75, 3.05) is 0 Å². The quantitative estimate of drug-likeness (QED) is 0.142. The van der Waals surface area contributed by atoms with Gasteiger partial charge in [-0.25, -0.2) is 0 Å². The first-order valence-electron chi connectivity index (χ1n) is 16.0. The minimum atomic E-state index is -0.179. The Kier molecular flexibility index (Phi) is 20.3. The molecule has 3 rings (SSSR count). The van der Waals surface area contributed by atoms with Crippen molar-refractivity contribution >= 4 is 12.4 Å². The third-order valence-electron chi connectivity index (χ3n) is 8.13. The maximum Gasteiger partial charge on any atom is 2.00 e. The van der Waals surface area contributed by atoms with Crippen molar-refractivity contribution in [1.82, 2.24) is 0 Å². The number of phenolic OH excluding ortho intramolecular Hbond substituents is 2. The molecule has 47 heavy (non-hydrogen) atoms. The van der Waals surface area contributed by atoms with Crippen LogP contribution in [0.15, 0.2) is 60.6 Å². The molecule has 0 radical (unpaired) electrons. The van der Waals surface area contributed by atoms with E-state index in [1.165, 1.54) is 11.1 Å². The number of rotatable bonds is 4. The van der Waals surface area contributed by atoms with Crippen LogP contribution >= 0.6 is 0 Å². The summed E-state index contributed by atoms with van der Waals surface area (Å²) in [4.78, 5) is 10.1. The fourth-order valence-corrected chi connectivity index (χ4v) is 5.31. The monoisotopic (exact) mass is 734 g/mol. The molecular weight excluding hydrogens is 666 g/mol. The normalized spacial score (nSPS) is 16.9. The summed E-state index contributed by atoms with van der Waals surface area (Å²) in [6.07, 6.45) is 7.90. The maximum atomic E-state index is 11.2. The van der Waals surface area contributed by atoms with Gasteiger partial charge in [0.05, 0.1) is 12.1 Å². The van der Waals surface area contributed by atoms with Crippen molar-refractivity contribution in [2.24, 2.45) is 9.98 Å². The Morgan fingerprint density at radius 1 is 0.553 bits per heavy atom. The Morgan fingerprint density at radius 3 is 1.06 bits per heavy atom. The number of aliphatic imine (C=N–C) groups is 2. The van der Waals surface area contributed by atoms with E-state index < -0.39 is 0 Å². The third-order valence-corrected chi connectivity index (χ3v) is 8.13. The van der Waals surface area contributed by atoms with Gasteiger partial charge in [-0.3, -0.25) is 9.98 Å². The smallest absolute Gasteiger partial charge is 0.507 e. The van der Waals surface area contributed by atoms with Crippen LogP contribution < -0.4 is 0 Å². The summed E-state index contributed by atoms with van der Waals surface area (Å²) in [6.45, 7) is 38.0. The molecule has 0 heterocycles. The fourth-order valence-electron chi connectivity index (χ4n) is 5.31. The predicted octanol–water partition coefficient (Wildman–Crippen LogP) is 11.6. The van der Waals surface area contributed by atoms with Gasteiger partial charge >= 0.3 is 19.5 Å². The van der Waals surface area contributed by atoms with Gasteiger partial charge in [0, 0.05) is 34.7 Å². The molecule has 0 aromatic heterocycles. The number of benzene rings is 2. The zero-order valence-electron chi connectivity index (χ0n) is 32.4. The molecule has 0 unspecified atom stereocenters. The zero-order valence-corrected chi connectivity index (χ0v) is 34.2. The average molecular weight is 734 g/mol. The molecule has 5 heteroatoms. The Labute approximate surface area is 303 Å². The molecule has 2 N–H and O–H groups in total. The molecule has 1 fully saturated rings. The summed E-state index contributed by atoms with van der Waals surface area (Å²) in [5.41, 5.74) is 5.39. The molecule has 266 valence electrons. The second-order valence-corrected chi connectivity index (χ2v) is 15.9. The van der Waals surface area contributed by atoms with Crippen LogP contribution in [0.3, 0.4) is 0 Å². The van der Waals surface area contributed by atoms with Crippen molar-refractivity contribution in [3.8, 4) is 11.5 Å². The number of phenols is 2. The van der Waals surface area contributed by atoms with E-state index in [0.717, 1.165) is 47.9 Å². The van der Waals surface area contributed by atoms with Crippen LogP contribution in [0.25, 0.3) is 0 Å². The molecule has 1 aliphatic rings. The van der Waals surface area contributed by atoms with Gasteiger partial charge in [0.25, 0.3) is 0 Å². The summed E-state index contributed by atoms with van der Waals surface area (Å²) >= 11 is 0. The molecule has 1 aliphatic carbocycles. The van der Waals surface area contributed by atoms with Crippen LogP contribution in [-0.2, 0) is 41.1 Å². The maximum absolute atomic E-state index is 11.2. The molecule has 1 saturated carbocycles. The van der Waals surface area contributed by atoms with Crippen molar-refractivity contribution in [2.45, 2.75) is 143 Å². The Hall–Kier alpha value is -2.52. The van der Waals surface area contributed by atoms with E-state index in [1.54, 1.807) is 0 Å². The first kappa shape index (κ1) is 48.9. The van der Waals surface area contributed by atoms with Gasteiger partial charge in [-0.05, 0) is 57.8 Å². The number of aromatic hydroxyl groups is 2. The summed E-state index contributed by atoms with van der Waals surface area (Å²) in [6, 6.07) is 8.53. The summed E-state index contributed by atoms with van der Waals surface area (Å²) in [5.74, 6) is 0.637. The van der Waals surface area contributed by atoms with Crippen LogP contribution in [0.1, 0.15) is 142 Å². The van der Waals surface area contributed by atoms with E-state index in [4.69, 9.17) is 9.98 Å². The SMILES string of the molecule is C=C.C=C.CC(C)(C)c1cc(C=N[C@H]2CCCC[C@@H]2N=Cc2cc(C(C)(C)C)cc(C(C)(C)C)c2O)c(O)c(C(C)(C)C)c1.[CH3-].[CH3-].[Ru+2]. The minimum Gasteiger partial charge on any atom is -0.507 e. The first-order valence-corrected chi connectivity index (χ1v) is 16.0. The molecule has 0 bridgehead atoms. The minimum absolute atomic E-state index is 0. The predicted molar refractivity (Wildman–Crippen MR) is 208 cm³/mol. The van der Waals surface area contributed by atoms with Crippen molar-refractivity contribution < 1.29 is 29.7 Å². The molecule has 0 amide bonds. The van der Waals surface area contributed by atoms with Gasteiger partial charge in [-0.2, -0.15) is 0 Å². The standard InChI is InChI=1S/C36H54N2O2.2C2H4.2CH3.Ru/c1-33(2,3)25-17-23(31(39)27(19-25)35(7,8)9)21-37-29-15-13-14-16-30(29)38-22-24-18-26(34(4,5)6)20-28(32(24)40)36(10,11)12;2*1-2;;;/h17-22,29-30,39-40H,13-16H2,1-12H3;2*1-2H2;2*1H3;/q;;;2*-1;+2/t29-,30-;;;;;/m0...../s1. The largest absolute Gasteiger partial charge is 2.00 e.